The maximum Gasteiger partial charge on any atom is 0.264 e. The first-order chi connectivity index (χ1) is 15.0. The number of aryl methyl sites for hydroxylation is 2. The van der Waals surface area contributed by atoms with Gasteiger partial charge in [-0.05, 0) is 113 Å². The molecule has 168 valence electrons. The van der Waals surface area contributed by atoms with Crippen LogP contribution in [0, 0.1) is 13.8 Å². The van der Waals surface area contributed by atoms with Gasteiger partial charge in [0.25, 0.3) is 5.91 Å². The highest BCUT2D eigenvalue weighted by atomic mass is 32.2. The third kappa shape index (κ3) is 4.36. The Kier molecular flexibility index (Phi) is 5.97. The summed E-state index contributed by atoms with van der Waals surface area (Å²) in [5.74, 6) is 0.382. The monoisotopic (exact) mass is 447 g/mol. The maximum atomic E-state index is 12.6. The van der Waals surface area contributed by atoms with Crippen molar-refractivity contribution < 1.29 is 4.79 Å². The highest BCUT2D eigenvalue weighted by Crippen LogP contribution is 2.45. The molecule has 0 bridgehead atoms. The summed E-state index contributed by atoms with van der Waals surface area (Å²) in [4.78, 5) is 20.5. The zero-order valence-corrected chi connectivity index (χ0v) is 20.9. The third-order valence-electron chi connectivity index (χ3n) is 6.38. The molecule has 0 spiro atoms. The molecule has 1 saturated heterocycles. The Morgan fingerprint density at radius 3 is 2.53 bits per heavy atom. The van der Waals surface area contributed by atoms with Crippen molar-refractivity contribution in [3.05, 3.63) is 63.6 Å². The minimum absolute atomic E-state index is 0.0871. The Morgan fingerprint density at radius 2 is 1.88 bits per heavy atom. The van der Waals surface area contributed by atoms with Crippen molar-refractivity contribution >= 4 is 40.3 Å². The number of rotatable bonds is 3. The molecule has 4 rings (SSSR count). The van der Waals surface area contributed by atoms with E-state index in [0.717, 1.165) is 17.7 Å². The minimum Gasteiger partial charge on any atom is -0.364 e. The molecule has 2 aliphatic rings. The van der Waals surface area contributed by atoms with Crippen molar-refractivity contribution in [3.63, 3.8) is 0 Å². The largest absolute Gasteiger partial charge is 0.364 e. The van der Waals surface area contributed by atoms with Crippen molar-refractivity contribution in [2.75, 3.05) is 4.90 Å². The van der Waals surface area contributed by atoms with E-state index >= 15 is 0 Å². The molecule has 32 heavy (non-hydrogen) atoms. The molecule has 0 aliphatic carbocycles. The summed E-state index contributed by atoms with van der Waals surface area (Å²) >= 11 is 1.40. The SMILES string of the molecule is Cc1ccc(N=C2NC(=O)/C(=C/c3cc4c(cc3C)N(C(C)C)C(C)(C)C[C@H]4C)S2)cc1. The number of nitrogens with one attached hydrogen (secondary N) is 1. The smallest absolute Gasteiger partial charge is 0.264 e. The molecule has 2 aliphatic heterocycles. The molecule has 0 saturated carbocycles. The molecule has 0 aromatic heterocycles. The first-order valence-corrected chi connectivity index (χ1v) is 12.2. The molecular weight excluding hydrogens is 414 g/mol. The molecule has 2 aromatic rings. The van der Waals surface area contributed by atoms with Gasteiger partial charge in [-0.2, -0.15) is 0 Å². The number of fused-ring (bicyclic) bond motifs is 1. The van der Waals surface area contributed by atoms with Gasteiger partial charge in [0.15, 0.2) is 5.17 Å². The van der Waals surface area contributed by atoms with Crippen molar-refractivity contribution in [2.45, 2.75) is 72.4 Å². The second-order valence-electron chi connectivity index (χ2n) is 9.97. The third-order valence-corrected chi connectivity index (χ3v) is 7.29. The molecule has 2 aromatic carbocycles. The highest BCUT2D eigenvalue weighted by molar-refractivity contribution is 8.18. The predicted octanol–water partition coefficient (Wildman–Crippen LogP) is 6.70. The van der Waals surface area contributed by atoms with Gasteiger partial charge in [0, 0.05) is 17.3 Å². The number of thioether (sulfide) groups is 1. The van der Waals surface area contributed by atoms with E-state index in [1.807, 2.05) is 37.3 Å². The fourth-order valence-electron chi connectivity index (χ4n) is 5.11. The van der Waals surface area contributed by atoms with Gasteiger partial charge in [0.1, 0.15) is 0 Å². The topological polar surface area (TPSA) is 44.7 Å². The molecule has 0 unspecified atom stereocenters. The molecule has 2 heterocycles. The molecule has 0 radical (unpaired) electrons. The lowest BCUT2D eigenvalue weighted by Crippen LogP contribution is -2.51. The Bertz CT molecular complexity index is 1110. The van der Waals surface area contributed by atoms with E-state index in [2.05, 4.69) is 68.9 Å². The molecule has 5 heteroatoms. The van der Waals surface area contributed by atoms with E-state index in [1.165, 1.54) is 34.1 Å². The summed E-state index contributed by atoms with van der Waals surface area (Å²) in [5, 5.41) is 3.53. The minimum atomic E-state index is -0.0871. The highest BCUT2D eigenvalue weighted by Gasteiger charge is 2.38. The van der Waals surface area contributed by atoms with Crippen LogP contribution in [-0.2, 0) is 4.79 Å². The molecular formula is C27H33N3OS. The number of aliphatic imine (C=N–C) groups is 1. The summed E-state index contributed by atoms with van der Waals surface area (Å²) in [6, 6.07) is 13.0. The Labute approximate surface area is 196 Å². The van der Waals surface area contributed by atoms with Crippen LogP contribution in [-0.4, -0.2) is 22.7 Å². The van der Waals surface area contributed by atoms with Crippen LogP contribution in [0.15, 0.2) is 46.3 Å². The average Bonchev–Trinajstić information content (AvgIpc) is 3.02. The van der Waals surface area contributed by atoms with Crippen molar-refractivity contribution in [3.8, 4) is 0 Å². The van der Waals surface area contributed by atoms with Crippen molar-refractivity contribution in [1.29, 1.82) is 0 Å². The van der Waals surface area contributed by atoms with Crippen LogP contribution in [0.1, 0.15) is 69.2 Å². The number of amides is 1. The lowest BCUT2D eigenvalue weighted by atomic mass is 9.78. The van der Waals surface area contributed by atoms with Crippen LogP contribution >= 0.6 is 11.8 Å². The zero-order valence-electron chi connectivity index (χ0n) is 20.1. The quantitative estimate of drug-likeness (QED) is 0.533. The average molecular weight is 448 g/mol. The van der Waals surface area contributed by atoms with Crippen LogP contribution in [0.2, 0.25) is 0 Å². The van der Waals surface area contributed by atoms with Gasteiger partial charge < -0.3 is 10.2 Å². The van der Waals surface area contributed by atoms with E-state index in [9.17, 15) is 4.79 Å². The van der Waals surface area contributed by atoms with Gasteiger partial charge in [0.2, 0.25) is 0 Å². The zero-order chi connectivity index (χ0) is 23.2. The summed E-state index contributed by atoms with van der Waals surface area (Å²) in [5.41, 5.74) is 7.14. The van der Waals surface area contributed by atoms with Crippen LogP contribution in [0.4, 0.5) is 11.4 Å². The number of amidine groups is 1. The lowest BCUT2D eigenvalue weighted by molar-refractivity contribution is -0.115. The number of carbonyl (C=O) groups excluding carboxylic acids is 1. The fourth-order valence-corrected chi connectivity index (χ4v) is 5.94. The van der Waals surface area contributed by atoms with Gasteiger partial charge in [-0.15, -0.1) is 0 Å². The Balaban J connectivity index is 1.67. The Morgan fingerprint density at radius 1 is 1.19 bits per heavy atom. The van der Waals surface area contributed by atoms with Gasteiger partial charge >= 0.3 is 0 Å². The van der Waals surface area contributed by atoms with E-state index in [0.29, 0.717) is 22.0 Å². The summed E-state index contributed by atoms with van der Waals surface area (Å²) in [6.45, 7) is 15.7. The van der Waals surface area contributed by atoms with E-state index in [4.69, 9.17) is 0 Å². The van der Waals surface area contributed by atoms with E-state index in [-0.39, 0.29) is 11.4 Å². The van der Waals surface area contributed by atoms with Crippen molar-refractivity contribution in [2.24, 2.45) is 4.99 Å². The lowest BCUT2D eigenvalue weighted by Gasteiger charge is -2.50. The fraction of sp³-hybridized carbons (Fsp3) is 0.407. The number of anilines is 1. The number of carbonyl (C=O) groups is 1. The van der Waals surface area contributed by atoms with Gasteiger partial charge in [-0.1, -0.05) is 24.6 Å². The second-order valence-corrected chi connectivity index (χ2v) is 11.0. The van der Waals surface area contributed by atoms with Gasteiger partial charge in [-0.3, -0.25) is 4.79 Å². The van der Waals surface area contributed by atoms with Crippen LogP contribution in [0.5, 0.6) is 0 Å². The summed E-state index contributed by atoms with van der Waals surface area (Å²) < 4.78 is 0. The first kappa shape index (κ1) is 22.7. The number of benzene rings is 2. The molecule has 1 amide bonds. The predicted molar refractivity (Wildman–Crippen MR) is 138 cm³/mol. The summed E-state index contributed by atoms with van der Waals surface area (Å²) in [6.07, 6.45) is 3.12. The van der Waals surface area contributed by atoms with Crippen LogP contribution in [0.25, 0.3) is 6.08 Å². The van der Waals surface area contributed by atoms with Gasteiger partial charge in [0.05, 0.1) is 10.6 Å². The van der Waals surface area contributed by atoms with Crippen molar-refractivity contribution in [1.82, 2.24) is 5.32 Å². The number of hydrogen-bond acceptors (Lipinski definition) is 4. The van der Waals surface area contributed by atoms with Crippen LogP contribution in [0.3, 0.4) is 0 Å². The van der Waals surface area contributed by atoms with E-state index < -0.39 is 0 Å². The maximum absolute atomic E-state index is 12.6. The second kappa shape index (κ2) is 8.43. The first-order valence-electron chi connectivity index (χ1n) is 11.4. The molecule has 4 nitrogen and oxygen atoms in total. The number of hydrogen-bond donors (Lipinski definition) is 1. The normalized spacial score (nSPS) is 22.6. The van der Waals surface area contributed by atoms with Gasteiger partial charge in [-0.25, -0.2) is 4.99 Å². The molecule has 1 fully saturated rings. The van der Waals surface area contributed by atoms with E-state index in [1.54, 1.807) is 0 Å². The summed E-state index contributed by atoms with van der Waals surface area (Å²) in [7, 11) is 0. The van der Waals surface area contributed by atoms with Crippen LogP contribution < -0.4 is 10.2 Å². The number of nitrogens with zero attached hydrogens (tertiary/aromatic N) is 2. The standard InChI is InChI=1S/C27H33N3OS/c1-16(2)30-23-12-18(4)20(13-22(23)19(5)15-27(30,6)7)14-24-25(31)29-26(32-24)28-21-10-8-17(3)9-11-21/h8-14,16,19H,15H2,1-7H3,(H,28,29,31)/b24-14-/t19-/m1/s1. The Hall–Kier alpha value is -2.53. The molecule has 1 N–H and O–H groups in total. The molecule has 1 atom stereocenters.